The van der Waals surface area contributed by atoms with Crippen molar-refractivity contribution < 1.29 is 0 Å². The third-order valence-electron chi connectivity index (χ3n) is 2.63. The molecular weight excluding hydrogens is 172 g/mol. The van der Waals surface area contributed by atoms with Crippen LogP contribution in [0.5, 0.6) is 0 Å². The third-order valence-corrected chi connectivity index (χ3v) is 2.63. The molecule has 0 saturated heterocycles. The molecule has 0 spiro atoms. The largest absolute Gasteiger partial charge is 0.351 e. The van der Waals surface area contributed by atoms with Crippen LogP contribution in [0.2, 0.25) is 0 Å². The van der Waals surface area contributed by atoms with E-state index in [0.717, 1.165) is 13.1 Å². The minimum absolute atomic E-state index is 0.620. The van der Waals surface area contributed by atoms with Crippen LogP contribution in [0, 0.1) is 0 Å². The fraction of sp³-hybridized carbons (Fsp3) is 0.667. The highest BCUT2D eigenvalue weighted by atomic mass is 15.0. The van der Waals surface area contributed by atoms with Crippen LogP contribution >= 0.6 is 0 Å². The van der Waals surface area contributed by atoms with Crippen molar-refractivity contribution in [3.05, 3.63) is 24.0 Å². The molecule has 1 unspecified atom stereocenters. The number of rotatable bonds is 6. The molecule has 0 amide bonds. The first-order valence-corrected chi connectivity index (χ1v) is 5.65. The minimum atomic E-state index is 0.620. The zero-order valence-corrected chi connectivity index (χ0v) is 9.59. The maximum Gasteiger partial charge on any atom is 0.0299 e. The van der Waals surface area contributed by atoms with Gasteiger partial charge in [0.2, 0.25) is 0 Å². The van der Waals surface area contributed by atoms with Gasteiger partial charge in [0.25, 0.3) is 0 Å². The van der Waals surface area contributed by atoms with Crippen LogP contribution in [0.4, 0.5) is 0 Å². The van der Waals surface area contributed by atoms with E-state index in [1.807, 2.05) is 0 Å². The van der Waals surface area contributed by atoms with E-state index in [9.17, 15) is 0 Å². The highest BCUT2D eigenvalue weighted by Gasteiger charge is 2.01. The van der Waals surface area contributed by atoms with Crippen LogP contribution in [0.3, 0.4) is 0 Å². The fourth-order valence-electron chi connectivity index (χ4n) is 1.46. The first kappa shape index (κ1) is 11.3. The molecular formula is C12H22N2. The number of aromatic nitrogens is 1. The van der Waals surface area contributed by atoms with E-state index >= 15 is 0 Å². The van der Waals surface area contributed by atoms with Gasteiger partial charge in [0.1, 0.15) is 0 Å². The summed E-state index contributed by atoms with van der Waals surface area (Å²) in [6, 6.07) is 2.82. The number of hydrogen-bond acceptors (Lipinski definition) is 1. The van der Waals surface area contributed by atoms with Crippen LogP contribution in [-0.2, 0) is 6.54 Å². The van der Waals surface area contributed by atoms with Crippen molar-refractivity contribution in [1.29, 1.82) is 0 Å². The summed E-state index contributed by atoms with van der Waals surface area (Å²) in [6.07, 6.45) is 6.82. The van der Waals surface area contributed by atoms with E-state index in [1.165, 1.54) is 18.4 Å². The second kappa shape index (κ2) is 5.86. The van der Waals surface area contributed by atoms with E-state index in [4.69, 9.17) is 0 Å². The number of nitrogens with one attached hydrogen (secondary N) is 1. The maximum atomic E-state index is 3.41. The highest BCUT2D eigenvalue weighted by molar-refractivity contribution is 5.10. The lowest BCUT2D eigenvalue weighted by atomic mass is 10.2. The Morgan fingerprint density at radius 3 is 2.86 bits per heavy atom. The molecule has 14 heavy (non-hydrogen) atoms. The zero-order chi connectivity index (χ0) is 10.4. The summed E-state index contributed by atoms with van der Waals surface area (Å²) >= 11 is 0. The van der Waals surface area contributed by atoms with Gasteiger partial charge in [0, 0.05) is 25.0 Å². The summed E-state index contributed by atoms with van der Waals surface area (Å²) in [5.41, 5.74) is 1.39. The molecule has 1 heterocycles. The molecule has 2 nitrogen and oxygen atoms in total. The summed E-state index contributed by atoms with van der Waals surface area (Å²) in [4.78, 5) is 0. The molecule has 1 rings (SSSR count). The minimum Gasteiger partial charge on any atom is -0.351 e. The average Bonchev–Trinajstić information content (AvgIpc) is 2.66. The van der Waals surface area contributed by atoms with Gasteiger partial charge in [-0.25, -0.2) is 0 Å². The van der Waals surface area contributed by atoms with Gasteiger partial charge < -0.3 is 9.88 Å². The highest BCUT2D eigenvalue weighted by Crippen LogP contribution is 2.12. The molecule has 0 radical (unpaired) electrons. The number of nitrogens with zero attached hydrogens (tertiary/aromatic N) is 1. The molecule has 0 aliphatic carbocycles. The Bertz CT molecular complexity index is 253. The van der Waals surface area contributed by atoms with Gasteiger partial charge in [-0.1, -0.05) is 13.8 Å². The van der Waals surface area contributed by atoms with E-state index in [0.29, 0.717) is 6.04 Å². The molecule has 0 aromatic carbocycles. The average molecular weight is 194 g/mol. The Morgan fingerprint density at radius 2 is 2.21 bits per heavy atom. The van der Waals surface area contributed by atoms with E-state index in [1.54, 1.807) is 0 Å². The van der Waals surface area contributed by atoms with Crippen molar-refractivity contribution >= 4 is 0 Å². The SMILES string of the molecule is CCCNCc1ccn(C(C)CC)c1. The van der Waals surface area contributed by atoms with Crippen molar-refractivity contribution in [1.82, 2.24) is 9.88 Å². The zero-order valence-electron chi connectivity index (χ0n) is 9.59. The van der Waals surface area contributed by atoms with Gasteiger partial charge in [-0.05, 0) is 37.9 Å². The molecule has 1 N–H and O–H groups in total. The Morgan fingerprint density at radius 1 is 1.43 bits per heavy atom. The Balaban J connectivity index is 2.42. The van der Waals surface area contributed by atoms with Gasteiger partial charge >= 0.3 is 0 Å². The Labute approximate surface area is 87.3 Å². The lowest BCUT2D eigenvalue weighted by Gasteiger charge is -2.09. The molecule has 0 aliphatic heterocycles. The molecule has 2 heteroatoms. The van der Waals surface area contributed by atoms with Crippen LogP contribution in [-0.4, -0.2) is 11.1 Å². The van der Waals surface area contributed by atoms with Gasteiger partial charge in [-0.2, -0.15) is 0 Å². The number of hydrogen-bond donors (Lipinski definition) is 1. The second-order valence-corrected chi connectivity index (χ2v) is 3.90. The van der Waals surface area contributed by atoms with Gasteiger partial charge in [0.05, 0.1) is 0 Å². The normalized spacial score (nSPS) is 13.1. The van der Waals surface area contributed by atoms with E-state index in [2.05, 4.69) is 49.1 Å². The van der Waals surface area contributed by atoms with Crippen molar-refractivity contribution in [2.45, 2.75) is 46.2 Å². The standard InChI is InChI=1S/C12H22N2/c1-4-7-13-9-12-6-8-14(10-12)11(3)5-2/h6,8,10-11,13H,4-5,7,9H2,1-3H3. The summed E-state index contributed by atoms with van der Waals surface area (Å²) < 4.78 is 2.29. The molecule has 1 aromatic rings. The first-order chi connectivity index (χ1) is 6.77. The molecule has 1 aromatic heterocycles. The van der Waals surface area contributed by atoms with Crippen LogP contribution in [0.1, 0.15) is 45.2 Å². The van der Waals surface area contributed by atoms with Crippen molar-refractivity contribution in [2.24, 2.45) is 0 Å². The van der Waals surface area contributed by atoms with Crippen molar-refractivity contribution in [3.8, 4) is 0 Å². The summed E-state index contributed by atoms with van der Waals surface area (Å²) in [5, 5.41) is 3.41. The topological polar surface area (TPSA) is 17.0 Å². The monoisotopic (exact) mass is 194 g/mol. The van der Waals surface area contributed by atoms with Crippen LogP contribution in [0.25, 0.3) is 0 Å². The van der Waals surface area contributed by atoms with Gasteiger partial charge in [0.15, 0.2) is 0 Å². The Hall–Kier alpha value is -0.760. The van der Waals surface area contributed by atoms with Gasteiger partial charge in [-0.3, -0.25) is 0 Å². The van der Waals surface area contributed by atoms with Crippen LogP contribution in [0.15, 0.2) is 18.5 Å². The first-order valence-electron chi connectivity index (χ1n) is 5.65. The molecule has 1 atom stereocenters. The molecule has 0 fully saturated rings. The molecule has 80 valence electrons. The second-order valence-electron chi connectivity index (χ2n) is 3.90. The lowest BCUT2D eigenvalue weighted by Crippen LogP contribution is -2.13. The lowest BCUT2D eigenvalue weighted by molar-refractivity contribution is 0.531. The summed E-state index contributed by atoms with van der Waals surface area (Å²) in [6.45, 7) is 8.77. The summed E-state index contributed by atoms with van der Waals surface area (Å²) in [7, 11) is 0. The van der Waals surface area contributed by atoms with Crippen LogP contribution < -0.4 is 5.32 Å². The van der Waals surface area contributed by atoms with Crippen molar-refractivity contribution in [3.63, 3.8) is 0 Å². The predicted molar refractivity (Wildman–Crippen MR) is 61.4 cm³/mol. The predicted octanol–water partition coefficient (Wildman–Crippen LogP) is 2.96. The smallest absolute Gasteiger partial charge is 0.0299 e. The maximum absolute atomic E-state index is 3.41. The van der Waals surface area contributed by atoms with Crippen molar-refractivity contribution in [2.75, 3.05) is 6.54 Å². The molecule has 0 bridgehead atoms. The molecule has 0 saturated carbocycles. The molecule has 0 aliphatic rings. The quantitative estimate of drug-likeness (QED) is 0.689. The third kappa shape index (κ3) is 3.18. The summed E-state index contributed by atoms with van der Waals surface area (Å²) in [5.74, 6) is 0. The van der Waals surface area contributed by atoms with E-state index < -0.39 is 0 Å². The van der Waals surface area contributed by atoms with Gasteiger partial charge in [-0.15, -0.1) is 0 Å². The fourth-order valence-corrected chi connectivity index (χ4v) is 1.46. The van der Waals surface area contributed by atoms with E-state index in [-0.39, 0.29) is 0 Å². The Kier molecular flexibility index (Phi) is 4.74.